The third-order valence-electron chi connectivity index (χ3n) is 5.61. The second-order valence-corrected chi connectivity index (χ2v) is 9.29. The van der Waals surface area contributed by atoms with Gasteiger partial charge in [-0.3, -0.25) is 24.6 Å². The van der Waals surface area contributed by atoms with Crippen LogP contribution in [-0.4, -0.2) is 25.5 Å². The Morgan fingerprint density at radius 1 is 1.12 bits per heavy atom. The van der Waals surface area contributed by atoms with E-state index in [0.717, 1.165) is 50.9 Å². The third kappa shape index (κ3) is 4.36. The van der Waals surface area contributed by atoms with Crippen molar-refractivity contribution < 1.29 is 18.9 Å². The highest BCUT2D eigenvalue weighted by Crippen LogP contribution is 2.36. The first-order valence-electron chi connectivity index (χ1n) is 10.2. The molecule has 1 aliphatic rings. The molecule has 1 aliphatic heterocycles. The molecule has 0 atom stereocenters. The number of rotatable bonds is 5. The Bertz CT molecular complexity index is 1400. The Morgan fingerprint density at radius 3 is 2.50 bits per heavy atom. The zero-order valence-electron chi connectivity index (χ0n) is 18.5. The van der Waals surface area contributed by atoms with Gasteiger partial charge in [0.05, 0.1) is 16.4 Å². The van der Waals surface area contributed by atoms with Gasteiger partial charge in [-0.05, 0) is 79.6 Å². The number of hydrogen-bond acceptors (Lipinski definition) is 5. The number of nitro groups is 1. The van der Waals surface area contributed by atoms with Gasteiger partial charge in [0.15, 0.2) is 0 Å². The smallest absolute Gasteiger partial charge is 0.293 e. The second kappa shape index (κ2) is 9.08. The molecule has 10 heteroatoms. The van der Waals surface area contributed by atoms with Crippen LogP contribution in [-0.2, 0) is 11.3 Å². The number of thioether (sulfide) groups is 1. The van der Waals surface area contributed by atoms with Crippen LogP contribution >= 0.6 is 23.4 Å². The minimum Gasteiger partial charge on any atom is -0.318 e. The number of imide groups is 1. The SMILES string of the molecule is Cc1cc([N+](=O)[O-])ccc1-n1c(C)cc(/C=C2\SC(=O)N(Cc3ccc(F)cc3Cl)C2=O)c1C. The Morgan fingerprint density at radius 2 is 1.85 bits per heavy atom. The maximum Gasteiger partial charge on any atom is 0.293 e. The first kappa shape index (κ1) is 23.7. The molecular weight excluding hydrogens is 481 g/mol. The molecular formula is C24H19ClFN3O4S. The van der Waals surface area contributed by atoms with Crippen molar-refractivity contribution in [1.82, 2.24) is 9.47 Å². The molecule has 0 spiro atoms. The molecule has 0 unspecified atom stereocenters. The normalized spacial score (nSPS) is 15.0. The monoisotopic (exact) mass is 499 g/mol. The van der Waals surface area contributed by atoms with E-state index in [1.54, 1.807) is 19.1 Å². The van der Waals surface area contributed by atoms with Crippen molar-refractivity contribution in [2.24, 2.45) is 0 Å². The van der Waals surface area contributed by atoms with Crippen LogP contribution in [0.4, 0.5) is 14.9 Å². The van der Waals surface area contributed by atoms with E-state index in [4.69, 9.17) is 11.6 Å². The molecule has 2 aromatic carbocycles. The van der Waals surface area contributed by atoms with E-state index in [9.17, 15) is 24.1 Å². The zero-order valence-corrected chi connectivity index (χ0v) is 20.0. The zero-order chi connectivity index (χ0) is 24.7. The summed E-state index contributed by atoms with van der Waals surface area (Å²) in [5, 5.41) is 10.8. The molecule has 2 amide bonds. The fourth-order valence-electron chi connectivity index (χ4n) is 3.91. The fourth-order valence-corrected chi connectivity index (χ4v) is 4.96. The quantitative estimate of drug-likeness (QED) is 0.232. The second-order valence-electron chi connectivity index (χ2n) is 7.89. The van der Waals surface area contributed by atoms with Gasteiger partial charge >= 0.3 is 0 Å². The summed E-state index contributed by atoms with van der Waals surface area (Å²) in [5.74, 6) is -0.951. The van der Waals surface area contributed by atoms with E-state index >= 15 is 0 Å². The van der Waals surface area contributed by atoms with Gasteiger partial charge in [0.1, 0.15) is 5.82 Å². The van der Waals surface area contributed by atoms with E-state index in [-0.39, 0.29) is 22.2 Å². The van der Waals surface area contributed by atoms with E-state index in [1.165, 1.54) is 24.3 Å². The molecule has 4 rings (SSSR count). The van der Waals surface area contributed by atoms with Crippen molar-refractivity contribution in [3.8, 4) is 5.69 Å². The number of halogens is 2. The summed E-state index contributed by atoms with van der Waals surface area (Å²) in [5.41, 5.74) is 4.46. The fraction of sp³-hybridized carbons (Fsp3) is 0.167. The maximum atomic E-state index is 13.3. The third-order valence-corrected chi connectivity index (χ3v) is 6.87. The maximum absolute atomic E-state index is 13.3. The summed E-state index contributed by atoms with van der Waals surface area (Å²) >= 11 is 6.89. The van der Waals surface area contributed by atoms with Crippen LogP contribution in [0.25, 0.3) is 11.8 Å². The molecule has 0 radical (unpaired) electrons. The predicted octanol–water partition coefficient (Wildman–Crippen LogP) is 6.34. The molecule has 1 fully saturated rings. The van der Waals surface area contributed by atoms with Gasteiger partial charge in [0.25, 0.3) is 16.8 Å². The lowest BCUT2D eigenvalue weighted by Gasteiger charge is -2.13. The minimum absolute atomic E-state index is 0.0128. The topological polar surface area (TPSA) is 85.4 Å². The first-order chi connectivity index (χ1) is 16.1. The molecule has 2 heterocycles. The molecule has 34 heavy (non-hydrogen) atoms. The lowest BCUT2D eigenvalue weighted by atomic mass is 10.1. The first-order valence-corrected chi connectivity index (χ1v) is 11.4. The van der Waals surface area contributed by atoms with Crippen molar-refractivity contribution in [2.45, 2.75) is 27.3 Å². The highest BCUT2D eigenvalue weighted by Gasteiger charge is 2.35. The van der Waals surface area contributed by atoms with Crippen LogP contribution in [0.1, 0.15) is 28.1 Å². The van der Waals surface area contributed by atoms with E-state index in [0.29, 0.717) is 5.56 Å². The van der Waals surface area contributed by atoms with Crippen LogP contribution in [0, 0.1) is 36.7 Å². The van der Waals surface area contributed by atoms with Gasteiger partial charge in [-0.2, -0.15) is 0 Å². The minimum atomic E-state index is -0.499. The summed E-state index contributed by atoms with van der Waals surface area (Å²) < 4.78 is 15.3. The Labute approximate surface area is 204 Å². The van der Waals surface area contributed by atoms with E-state index in [2.05, 4.69) is 0 Å². The van der Waals surface area contributed by atoms with Gasteiger partial charge in [0.2, 0.25) is 0 Å². The van der Waals surface area contributed by atoms with Crippen molar-refractivity contribution in [3.63, 3.8) is 0 Å². The van der Waals surface area contributed by atoms with Gasteiger partial charge in [-0.1, -0.05) is 17.7 Å². The van der Waals surface area contributed by atoms with Crippen LogP contribution < -0.4 is 0 Å². The van der Waals surface area contributed by atoms with Crippen LogP contribution in [0.5, 0.6) is 0 Å². The predicted molar refractivity (Wildman–Crippen MR) is 130 cm³/mol. The highest BCUT2D eigenvalue weighted by atomic mass is 35.5. The standard InChI is InChI=1S/C24H19ClFN3O4S/c1-13-8-19(29(32)33)6-7-21(13)28-14(2)9-17(15(28)3)10-22-23(30)27(24(31)34-22)12-16-4-5-18(26)11-20(16)25/h4-11H,12H2,1-3H3/b22-10-. The summed E-state index contributed by atoms with van der Waals surface area (Å²) in [6.45, 7) is 5.52. The number of aromatic nitrogens is 1. The Balaban J connectivity index is 1.64. The Kier molecular flexibility index (Phi) is 6.33. The number of nitro benzene ring substituents is 1. The number of carbonyl (C=O) groups is 2. The largest absolute Gasteiger partial charge is 0.318 e. The van der Waals surface area contributed by atoms with Crippen molar-refractivity contribution in [1.29, 1.82) is 0 Å². The van der Waals surface area contributed by atoms with Gasteiger partial charge in [-0.25, -0.2) is 4.39 Å². The molecule has 0 saturated carbocycles. The van der Waals surface area contributed by atoms with Crippen molar-refractivity contribution in [3.05, 3.63) is 96.4 Å². The number of amides is 2. The van der Waals surface area contributed by atoms with Crippen molar-refractivity contribution >= 4 is 46.3 Å². The average Bonchev–Trinajstić information content (AvgIpc) is 3.19. The number of non-ortho nitro benzene ring substituents is 1. The summed E-state index contributed by atoms with van der Waals surface area (Å²) in [6, 6.07) is 10.4. The molecule has 174 valence electrons. The van der Waals surface area contributed by atoms with E-state index < -0.39 is 21.9 Å². The van der Waals surface area contributed by atoms with Gasteiger partial charge in [0, 0.05) is 34.2 Å². The van der Waals surface area contributed by atoms with Gasteiger partial charge < -0.3 is 4.57 Å². The van der Waals surface area contributed by atoms with Gasteiger partial charge in [-0.15, -0.1) is 0 Å². The Hall–Kier alpha value is -3.43. The summed E-state index contributed by atoms with van der Waals surface area (Å²) in [6.07, 6.45) is 1.66. The molecule has 0 N–H and O–H groups in total. The summed E-state index contributed by atoms with van der Waals surface area (Å²) in [7, 11) is 0. The number of benzene rings is 2. The average molecular weight is 500 g/mol. The molecule has 0 bridgehead atoms. The van der Waals surface area contributed by atoms with Crippen LogP contribution in [0.3, 0.4) is 0 Å². The molecule has 7 nitrogen and oxygen atoms in total. The van der Waals surface area contributed by atoms with Crippen LogP contribution in [0.15, 0.2) is 47.4 Å². The summed E-state index contributed by atoms with van der Waals surface area (Å²) in [4.78, 5) is 37.5. The lowest BCUT2D eigenvalue weighted by Crippen LogP contribution is -2.27. The molecule has 0 aliphatic carbocycles. The van der Waals surface area contributed by atoms with E-state index in [1.807, 2.05) is 24.5 Å². The molecule has 1 saturated heterocycles. The number of hydrogen-bond donors (Lipinski definition) is 0. The molecule has 1 aromatic heterocycles. The lowest BCUT2D eigenvalue weighted by molar-refractivity contribution is -0.384. The number of carbonyl (C=O) groups excluding carboxylic acids is 2. The number of aryl methyl sites for hydroxylation is 2. The molecule has 3 aromatic rings. The van der Waals surface area contributed by atoms with Crippen LogP contribution in [0.2, 0.25) is 5.02 Å². The highest BCUT2D eigenvalue weighted by molar-refractivity contribution is 8.18. The van der Waals surface area contributed by atoms with Crippen molar-refractivity contribution in [2.75, 3.05) is 0 Å². The number of nitrogens with zero attached hydrogens (tertiary/aromatic N) is 3.